The van der Waals surface area contributed by atoms with Crippen LogP contribution in [0.2, 0.25) is 0 Å². The molecular weight excluding hydrogens is 615 g/mol. The van der Waals surface area contributed by atoms with E-state index in [2.05, 4.69) is 37.3 Å². The van der Waals surface area contributed by atoms with Gasteiger partial charge >= 0.3 is 0 Å². The lowest BCUT2D eigenvalue weighted by Crippen LogP contribution is -2.35. The van der Waals surface area contributed by atoms with Crippen molar-refractivity contribution < 1.29 is 16.8 Å². The number of sulfonamides is 1. The van der Waals surface area contributed by atoms with Gasteiger partial charge in [-0.1, -0.05) is 40.3 Å². The summed E-state index contributed by atoms with van der Waals surface area (Å²) in [7, 11) is -7.16. The molecule has 0 bridgehead atoms. The van der Waals surface area contributed by atoms with Gasteiger partial charge in [-0.2, -0.15) is 0 Å². The lowest BCUT2D eigenvalue weighted by Gasteiger charge is -2.19. The molecule has 190 valence electrons. The highest BCUT2D eigenvalue weighted by molar-refractivity contribution is 14.1. The van der Waals surface area contributed by atoms with Gasteiger partial charge in [0.05, 0.1) is 27.9 Å². The van der Waals surface area contributed by atoms with E-state index >= 15 is 0 Å². The highest BCUT2D eigenvalue weighted by Gasteiger charge is 2.42. The van der Waals surface area contributed by atoms with Gasteiger partial charge in [0.2, 0.25) is 16.0 Å². The average molecular weight is 641 g/mol. The van der Waals surface area contributed by atoms with E-state index in [-0.39, 0.29) is 26.2 Å². The Bertz CT molecular complexity index is 1710. The first-order chi connectivity index (χ1) is 17.1. The fraction of sp³-hybridized carbons (Fsp3) is 0.391. The Morgan fingerprint density at radius 2 is 1.81 bits per heavy atom. The number of imidazole rings is 1. The monoisotopic (exact) mass is 640 g/mol. The predicted octanol–water partition coefficient (Wildman–Crippen LogP) is 3.10. The molecule has 0 unspecified atom stereocenters. The summed E-state index contributed by atoms with van der Waals surface area (Å²) in [6.07, 6.45) is 5.71. The number of nitrogens with zero attached hydrogens (tertiary/aromatic N) is 4. The number of nitrogen functional groups attached to an aromatic ring is 1. The van der Waals surface area contributed by atoms with Crippen LogP contribution in [0, 0.1) is 6.92 Å². The number of hydrogen-bond donors (Lipinski definition) is 2. The number of fused-ring (bicyclic) bond motifs is 3. The molecule has 13 heteroatoms. The number of aromatic nitrogens is 4. The van der Waals surface area contributed by atoms with Gasteiger partial charge in [0.15, 0.2) is 5.65 Å². The lowest BCUT2D eigenvalue weighted by atomic mass is 10.2. The van der Waals surface area contributed by atoms with Crippen molar-refractivity contribution in [3.63, 3.8) is 0 Å². The minimum atomic E-state index is -3.86. The number of rotatable bonds is 6. The molecule has 0 amide bonds. The van der Waals surface area contributed by atoms with Crippen molar-refractivity contribution in [1.82, 2.24) is 23.2 Å². The molecule has 10 nitrogen and oxygen atoms in total. The van der Waals surface area contributed by atoms with Gasteiger partial charge < -0.3 is 10.3 Å². The van der Waals surface area contributed by atoms with E-state index in [9.17, 15) is 16.8 Å². The highest BCUT2D eigenvalue weighted by Crippen LogP contribution is 2.42. The van der Waals surface area contributed by atoms with E-state index in [1.165, 1.54) is 16.4 Å². The summed E-state index contributed by atoms with van der Waals surface area (Å²) in [6, 6.07) is 8.11. The summed E-state index contributed by atoms with van der Waals surface area (Å²) in [4.78, 5) is 9.10. The molecule has 2 aliphatic rings. The van der Waals surface area contributed by atoms with Crippen LogP contribution in [0.3, 0.4) is 0 Å². The van der Waals surface area contributed by atoms with Gasteiger partial charge in [-0.25, -0.2) is 35.5 Å². The SMILES string of the molecule is Cc1ccc(S(=O)(=O)n2ccc3c2ncc2nc(N)n([C@H]4C[C@@H](NS(=O)(=O)C5CC5)C[C@H]4I)c23)cc1. The summed E-state index contributed by atoms with van der Waals surface area (Å²) in [5, 5.41) is 0.349. The number of hydrogen-bond acceptors (Lipinski definition) is 7. The molecule has 0 radical (unpaired) electrons. The standard InChI is InChI=1S/C23H25IN6O4S2/c1-13-2-4-16(5-3-13)36(33,34)29-9-8-17-21-19(12-26-22(17)29)27-23(25)30(21)20-11-14(10-18(20)24)28-35(31,32)15-6-7-15/h2-5,8-9,12,14-15,18,20,28H,6-7,10-11H2,1H3,(H2,25,27)/t14-,18+,20-/m0/s1. The Morgan fingerprint density at radius 1 is 1.08 bits per heavy atom. The number of pyridine rings is 1. The zero-order valence-corrected chi connectivity index (χ0v) is 23.2. The van der Waals surface area contributed by atoms with E-state index in [0.29, 0.717) is 53.7 Å². The number of benzene rings is 1. The van der Waals surface area contributed by atoms with Gasteiger partial charge in [0.25, 0.3) is 10.0 Å². The number of nitrogens with one attached hydrogen (secondary N) is 1. The molecule has 2 fully saturated rings. The minimum absolute atomic E-state index is 0.106. The fourth-order valence-electron chi connectivity index (χ4n) is 5.05. The van der Waals surface area contributed by atoms with Crippen LogP contribution in [-0.2, 0) is 20.0 Å². The van der Waals surface area contributed by atoms with Crippen molar-refractivity contribution >= 4 is 70.7 Å². The molecule has 36 heavy (non-hydrogen) atoms. The molecule has 0 spiro atoms. The Balaban J connectivity index is 1.42. The summed E-state index contributed by atoms with van der Waals surface area (Å²) in [6.45, 7) is 1.90. The number of aryl methyl sites for hydroxylation is 1. The summed E-state index contributed by atoms with van der Waals surface area (Å²) < 4.78 is 57.9. The first-order valence-electron chi connectivity index (χ1n) is 11.7. The number of nitrogens with two attached hydrogens (primary N) is 1. The quantitative estimate of drug-likeness (QED) is 0.244. The maximum atomic E-state index is 13.4. The highest BCUT2D eigenvalue weighted by atomic mass is 127. The number of alkyl halides is 1. The van der Waals surface area contributed by atoms with Crippen molar-refractivity contribution in [1.29, 1.82) is 0 Å². The smallest absolute Gasteiger partial charge is 0.269 e. The third-order valence-corrected chi connectivity index (χ3v) is 12.0. The molecule has 6 rings (SSSR count). The van der Waals surface area contributed by atoms with Gasteiger partial charge in [-0.15, -0.1) is 0 Å². The lowest BCUT2D eigenvalue weighted by molar-refractivity contribution is 0.518. The second-order valence-corrected chi connectivity index (χ2v) is 15.0. The Kier molecular flexibility index (Phi) is 5.63. The third-order valence-electron chi connectivity index (χ3n) is 7.01. The molecule has 2 saturated carbocycles. The average Bonchev–Trinajstić information content (AvgIpc) is 3.39. The van der Waals surface area contributed by atoms with E-state index in [4.69, 9.17) is 5.73 Å². The van der Waals surface area contributed by atoms with Crippen molar-refractivity contribution in [2.45, 2.75) is 58.8 Å². The van der Waals surface area contributed by atoms with Crippen LogP contribution in [0.1, 0.15) is 37.3 Å². The predicted molar refractivity (Wildman–Crippen MR) is 146 cm³/mol. The van der Waals surface area contributed by atoms with E-state index in [1.807, 2.05) is 11.5 Å². The molecule has 3 aromatic heterocycles. The third kappa shape index (κ3) is 3.90. The van der Waals surface area contributed by atoms with Crippen molar-refractivity contribution in [2.75, 3.05) is 5.73 Å². The minimum Gasteiger partial charge on any atom is -0.369 e. The molecule has 3 atom stereocenters. The second kappa shape index (κ2) is 8.39. The summed E-state index contributed by atoms with van der Waals surface area (Å²) in [5.41, 5.74) is 8.90. The Hall–Kier alpha value is -2.23. The van der Waals surface area contributed by atoms with Crippen LogP contribution in [0.4, 0.5) is 5.95 Å². The van der Waals surface area contributed by atoms with Gasteiger partial charge in [-0.3, -0.25) is 0 Å². The molecule has 3 N–H and O–H groups in total. The van der Waals surface area contributed by atoms with Crippen molar-refractivity contribution in [3.8, 4) is 0 Å². The van der Waals surface area contributed by atoms with Crippen LogP contribution in [-0.4, -0.2) is 50.6 Å². The molecule has 4 aromatic rings. The Morgan fingerprint density at radius 3 is 2.50 bits per heavy atom. The number of anilines is 1. The first kappa shape index (κ1) is 24.1. The van der Waals surface area contributed by atoms with Crippen LogP contribution in [0.15, 0.2) is 47.6 Å². The fourth-order valence-corrected chi connectivity index (χ4v) is 9.19. The van der Waals surface area contributed by atoms with Crippen molar-refractivity contribution in [2.24, 2.45) is 0 Å². The van der Waals surface area contributed by atoms with E-state index < -0.39 is 20.0 Å². The maximum Gasteiger partial charge on any atom is 0.269 e. The van der Waals surface area contributed by atoms with Crippen LogP contribution >= 0.6 is 22.6 Å². The van der Waals surface area contributed by atoms with E-state index in [0.717, 1.165) is 5.56 Å². The molecule has 0 aliphatic heterocycles. The van der Waals surface area contributed by atoms with Crippen LogP contribution in [0.5, 0.6) is 0 Å². The van der Waals surface area contributed by atoms with Gasteiger partial charge in [0, 0.05) is 21.5 Å². The number of halogens is 1. The van der Waals surface area contributed by atoms with Crippen LogP contribution in [0.25, 0.3) is 22.1 Å². The van der Waals surface area contributed by atoms with E-state index in [1.54, 1.807) is 30.3 Å². The topological polar surface area (TPSA) is 142 Å². The maximum absolute atomic E-state index is 13.4. The second-order valence-electron chi connectivity index (χ2n) is 9.61. The molecular formula is C23H25IN6O4S2. The normalized spacial score (nSPS) is 23.1. The molecule has 2 aliphatic carbocycles. The molecule has 0 saturated heterocycles. The largest absolute Gasteiger partial charge is 0.369 e. The van der Waals surface area contributed by atoms with Gasteiger partial charge in [0.1, 0.15) is 5.52 Å². The zero-order valence-electron chi connectivity index (χ0n) is 19.4. The Labute approximate surface area is 222 Å². The van der Waals surface area contributed by atoms with Gasteiger partial charge in [-0.05, 0) is 50.8 Å². The molecule has 1 aromatic carbocycles. The first-order valence-corrected chi connectivity index (χ1v) is 15.9. The van der Waals surface area contributed by atoms with Crippen LogP contribution < -0.4 is 10.5 Å². The van der Waals surface area contributed by atoms with Crippen molar-refractivity contribution in [3.05, 3.63) is 48.3 Å². The summed E-state index contributed by atoms with van der Waals surface area (Å²) >= 11 is 2.34. The summed E-state index contributed by atoms with van der Waals surface area (Å²) in [5.74, 6) is 0.297. The zero-order chi connectivity index (χ0) is 25.4. The molecule has 3 heterocycles.